The van der Waals surface area contributed by atoms with Gasteiger partial charge in [0.05, 0.1) is 5.56 Å². The Kier molecular flexibility index (Phi) is 6.61. The van der Waals surface area contributed by atoms with Crippen LogP contribution in [-0.4, -0.2) is 22.4 Å². The first-order valence-corrected chi connectivity index (χ1v) is 9.35. The number of hydrogen-bond acceptors (Lipinski definition) is 4. The van der Waals surface area contributed by atoms with Crippen molar-refractivity contribution in [1.82, 2.24) is 15.3 Å². The highest BCUT2D eigenvalue weighted by molar-refractivity contribution is 6.30. The third-order valence-electron chi connectivity index (χ3n) is 4.39. The quantitative estimate of drug-likeness (QED) is 0.710. The molecule has 0 fully saturated rings. The fourth-order valence-corrected chi connectivity index (χ4v) is 3.02. The van der Waals surface area contributed by atoms with Crippen LogP contribution in [0.25, 0.3) is 0 Å². The highest BCUT2D eigenvalue weighted by atomic mass is 35.5. The van der Waals surface area contributed by atoms with Crippen LogP contribution in [0, 0.1) is 0 Å². The minimum Gasteiger partial charge on any atom is -0.352 e. The number of carbonyl (C=O) groups is 1. The summed E-state index contributed by atoms with van der Waals surface area (Å²) in [4.78, 5) is 20.6. The van der Waals surface area contributed by atoms with Crippen LogP contribution in [-0.2, 0) is 6.54 Å². The molecule has 1 aliphatic carbocycles. The van der Waals surface area contributed by atoms with Gasteiger partial charge in [-0.1, -0.05) is 35.4 Å². The molecule has 0 radical (unpaired) electrons. The van der Waals surface area contributed by atoms with Crippen molar-refractivity contribution in [2.75, 3.05) is 11.9 Å². The van der Waals surface area contributed by atoms with Crippen molar-refractivity contribution in [3.63, 3.8) is 0 Å². The lowest BCUT2D eigenvalue weighted by Crippen LogP contribution is -2.25. The molecule has 0 saturated heterocycles. The van der Waals surface area contributed by atoms with Gasteiger partial charge in [0.15, 0.2) is 0 Å². The molecule has 1 amide bonds. The van der Waals surface area contributed by atoms with E-state index in [2.05, 4.69) is 26.7 Å². The molecular formula is C20H23ClN4O. The van der Waals surface area contributed by atoms with E-state index in [1.165, 1.54) is 24.8 Å². The number of amides is 1. The van der Waals surface area contributed by atoms with E-state index in [4.69, 9.17) is 11.6 Å². The first-order valence-electron chi connectivity index (χ1n) is 8.97. The average molecular weight is 371 g/mol. The summed E-state index contributed by atoms with van der Waals surface area (Å²) in [5, 5.41) is 6.77. The molecule has 2 N–H and O–H groups in total. The Morgan fingerprint density at radius 1 is 1.12 bits per heavy atom. The second-order valence-corrected chi connectivity index (χ2v) is 6.83. The Bertz CT molecular complexity index is 756. The highest BCUT2D eigenvalue weighted by Gasteiger charge is 2.08. The largest absolute Gasteiger partial charge is 0.352 e. The van der Waals surface area contributed by atoms with Crippen molar-refractivity contribution < 1.29 is 4.79 Å². The van der Waals surface area contributed by atoms with E-state index < -0.39 is 0 Å². The van der Waals surface area contributed by atoms with Crippen LogP contribution in [0.2, 0.25) is 5.02 Å². The zero-order valence-electron chi connectivity index (χ0n) is 14.7. The van der Waals surface area contributed by atoms with Crippen molar-refractivity contribution in [1.29, 1.82) is 0 Å². The number of anilines is 1. The van der Waals surface area contributed by atoms with Gasteiger partial charge in [-0.05, 0) is 49.8 Å². The maximum atomic E-state index is 12.2. The summed E-state index contributed by atoms with van der Waals surface area (Å²) in [7, 11) is 0. The molecule has 136 valence electrons. The molecule has 0 atom stereocenters. The second kappa shape index (κ2) is 9.34. The SMILES string of the molecule is O=C(NCCC1=CCCCC1)c1cnc(NCc2ccc(Cl)cc2)nc1. The van der Waals surface area contributed by atoms with E-state index in [0.29, 0.717) is 29.6 Å². The summed E-state index contributed by atoms with van der Waals surface area (Å²) in [6.45, 7) is 1.25. The van der Waals surface area contributed by atoms with Gasteiger partial charge in [0.25, 0.3) is 5.91 Å². The number of nitrogens with one attached hydrogen (secondary N) is 2. The summed E-state index contributed by atoms with van der Waals surface area (Å²) in [5.74, 6) is 0.356. The standard InChI is InChI=1S/C20H23ClN4O/c21-18-8-6-16(7-9-18)12-23-20-24-13-17(14-25-20)19(26)22-11-10-15-4-2-1-3-5-15/h4,6-9,13-14H,1-3,5,10-12H2,(H,22,26)(H,23,24,25). The molecule has 5 nitrogen and oxygen atoms in total. The van der Waals surface area contributed by atoms with Gasteiger partial charge in [0.2, 0.25) is 5.95 Å². The first kappa shape index (κ1) is 18.4. The molecule has 0 bridgehead atoms. The van der Waals surface area contributed by atoms with Gasteiger partial charge in [-0.15, -0.1) is 0 Å². The van der Waals surface area contributed by atoms with Gasteiger partial charge in [-0.25, -0.2) is 9.97 Å². The number of nitrogens with zero attached hydrogens (tertiary/aromatic N) is 2. The minimum atomic E-state index is -0.134. The maximum absolute atomic E-state index is 12.2. The fraction of sp³-hybridized carbons (Fsp3) is 0.350. The molecule has 2 aromatic rings. The van der Waals surface area contributed by atoms with Crippen LogP contribution in [0.15, 0.2) is 48.3 Å². The fourth-order valence-electron chi connectivity index (χ4n) is 2.89. The molecule has 26 heavy (non-hydrogen) atoms. The number of allylic oxidation sites excluding steroid dienone is 1. The number of benzene rings is 1. The van der Waals surface area contributed by atoms with E-state index in [0.717, 1.165) is 18.4 Å². The molecular weight excluding hydrogens is 348 g/mol. The van der Waals surface area contributed by atoms with Crippen LogP contribution >= 0.6 is 11.6 Å². The number of hydrogen-bond donors (Lipinski definition) is 2. The number of rotatable bonds is 7. The molecule has 1 heterocycles. The molecule has 6 heteroatoms. The Morgan fingerprint density at radius 2 is 1.88 bits per heavy atom. The van der Waals surface area contributed by atoms with Gasteiger partial charge in [0, 0.05) is 30.5 Å². The van der Waals surface area contributed by atoms with Crippen LogP contribution < -0.4 is 10.6 Å². The van der Waals surface area contributed by atoms with Crippen LogP contribution in [0.1, 0.15) is 48.0 Å². The van der Waals surface area contributed by atoms with Gasteiger partial charge in [-0.2, -0.15) is 0 Å². The van der Waals surface area contributed by atoms with E-state index in [-0.39, 0.29) is 5.91 Å². The van der Waals surface area contributed by atoms with Crippen molar-refractivity contribution in [2.24, 2.45) is 0 Å². The summed E-state index contributed by atoms with van der Waals surface area (Å²) >= 11 is 5.87. The molecule has 0 unspecified atom stereocenters. The Balaban J connectivity index is 1.44. The molecule has 1 aromatic carbocycles. The zero-order valence-corrected chi connectivity index (χ0v) is 15.4. The minimum absolute atomic E-state index is 0.134. The van der Waals surface area contributed by atoms with Crippen molar-refractivity contribution in [2.45, 2.75) is 38.6 Å². The van der Waals surface area contributed by atoms with Gasteiger partial charge in [-0.3, -0.25) is 4.79 Å². The van der Waals surface area contributed by atoms with E-state index in [1.807, 2.05) is 24.3 Å². The zero-order chi connectivity index (χ0) is 18.2. The van der Waals surface area contributed by atoms with Crippen LogP contribution in [0.5, 0.6) is 0 Å². The van der Waals surface area contributed by atoms with Gasteiger partial charge >= 0.3 is 0 Å². The van der Waals surface area contributed by atoms with Gasteiger partial charge in [0.1, 0.15) is 0 Å². The third-order valence-corrected chi connectivity index (χ3v) is 4.65. The molecule has 1 aliphatic rings. The smallest absolute Gasteiger partial charge is 0.254 e. The predicted molar refractivity (Wildman–Crippen MR) is 104 cm³/mol. The number of aromatic nitrogens is 2. The second-order valence-electron chi connectivity index (χ2n) is 6.39. The normalized spacial score (nSPS) is 13.8. The van der Waals surface area contributed by atoms with Crippen molar-refractivity contribution in [3.05, 3.63) is 64.5 Å². The molecule has 3 rings (SSSR count). The Hall–Kier alpha value is -2.40. The summed E-state index contributed by atoms with van der Waals surface area (Å²) < 4.78 is 0. The summed E-state index contributed by atoms with van der Waals surface area (Å²) in [6, 6.07) is 7.57. The molecule has 1 aromatic heterocycles. The average Bonchev–Trinajstić information content (AvgIpc) is 2.69. The van der Waals surface area contributed by atoms with Crippen LogP contribution in [0.4, 0.5) is 5.95 Å². The number of halogens is 1. The van der Waals surface area contributed by atoms with E-state index in [1.54, 1.807) is 12.4 Å². The topological polar surface area (TPSA) is 66.9 Å². The lowest BCUT2D eigenvalue weighted by molar-refractivity contribution is 0.0953. The van der Waals surface area contributed by atoms with E-state index in [9.17, 15) is 4.79 Å². The Morgan fingerprint density at radius 3 is 2.58 bits per heavy atom. The molecule has 0 spiro atoms. The van der Waals surface area contributed by atoms with Gasteiger partial charge < -0.3 is 10.6 Å². The summed E-state index contributed by atoms with van der Waals surface area (Å²) in [6.07, 6.45) is 11.2. The first-order chi connectivity index (χ1) is 12.7. The van der Waals surface area contributed by atoms with Crippen LogP contribution in [0.3, 0.4) is 0 Å². The predicted octanol–water partition coefficient (Wildman–Crippen LogP) is 4.36. The van der Waals surface area contributed by atoms with Crippen molar-refractivity contribution >= 4 is 23.5 Å². The lowest BCUT2D eigenvalue weighted by Gasteiger charge is -2.13. The third kappa shape index (κ3) is 5.56. The van der Waals surface area contributed by atoms with Crippen molar-refractivity contribution in [3.8, 4) is 0 Å². The molecule has 0 saturated carbocycles. The highest BCUT2D eigenvalue weighted by Crippen LogP contribution is 2.19. The Labute approximate surface area is 158 Å². The maximum Gasteiger partial charge on any atom is 0.254 e. The van der Waals surface area contributed by atoms with E-state index >= 15 is 0 Å². The number of carbonyl (C=O) groups excluding carboxylic acids is 1. The monoisotopic (exact) mass is 370 g/mol. The molecule has 0 aliphatic heterocycles. The lowest BCUT2D eigenvalue weighted by atomic mass is 9.97. The summed E-state index contributed by atoms with van der Waals surface area (Å²) in [5.41, 5.74) is 3.01.